The molecule has 28 heavy (non-hydrogen) atoms. The van der Waals surface area contributed by atoms with E-state index >= 15 is 0 Å². The van der Waals surface area contributed by atoms with Gasteiger partial charge >= 0.3 is 0 Å². The number of nitrogens with one attached hydrogen (secondary N) is 1. The van der Waals surface area contributed by atoms with Crippen LogP contribution >= 0.6 is 11.6 Å². The fraction of sp³-hybridized carbons (Fsp3) is 0.0952. The Morgan fingerprint density at radius 2 is 1.68 bits per heavy atom. The Balaban J connectivity index is 1.40. The summed E-state index contributed by atoms with van der Waals surface area (Å²) in [6.07, 6.45) is 0. The Bertz CT molecular complexity index is 1100. The molecule has 2 aromatic carbocycles. The highest BCUT2D eigenvalue weighted by molar-refractivity contribution is 6.30. The molecule has 0 radical (unpaired) electrons. The van der Waals surface area contributed by atoms with Crippen LogP contribution in [-0.4, -0.2) is 16.2 Å². The van der Waals surface area contributed by atoms with E-state index in [9.17, 15) is 4.79 Å². The van der Waals surface area contributed by atoms with Gasteiger partial charge in [-0.1, -0.05) is 51.7 Å². The van der Waals surface area contributed by atoms with Crippen LogP contribution in [-0.2, 0) is 6.54 Å². The first-order chi connectivity index (χ1) is 13.6. The van der Waals surface area contributed by atoms with Crippen molar-refractivity contribution in [1.29, 1.82) is 0 Å². The molecule has 6 nitrogen and oxygen atoms in total. The number of benzene rings is 2. The third-order valence-electron chi connectivity index (χ3n) is 4.20. The minimum atomic E-state index is -0.364. The summed E-state index contributed by atoms with van der Waals surface area (Å²) in [6, 6.07) is 18.4. The highest BCUT2D eigenvalue weighted by Gasteiger charge is 2.15. The normalized spacial score (nSPS) is 10.8. The van der Waals surface area contributed by atoms with Crippen LogP contribution in [0.1, 0.15) is 21.8 Å². The van der Waals surface area contributed by atoms with Gasteiger partial charge in [-0.05, 0) is 31.2 Å². The Labute approximate surface area is 166 Å². The molecule has 0 fully saturated rings. The van der Waals surface area contributed by atoms with Crippen LogP contribution in [0.3, 0.4) is 0 Å². The van der Waals surface area contributed by atoms with Crippen molar-refractivity contribution in [2.45, 2.75) is 13.5 Å². The van der Waals surface area contributed by atoms with E-state index in [1.807, 2.05) is 31.2 Å². The van der Waals surface area contributed by atoms with Crippen LogP contribution in [0.25, 0.3) is 22.6 Å². The van der Waals surface area contributed by atoms with Crippen molar-refractivity contribution in [1.82, 2.24) is 15.6 Å². The smallest absolute Gasteiger partial charge is 0.273 e. The molecule has 0 atom stereocenters. The predicted octanol–water partition coefficient (Wildman–Crippen LogP) is 4.89. The minimum Gasteiger partial charge on any atom is -0.359 e. The number of rotatable bonds is 5. The molecule has 2 aromatic heterocycles. The largest absolute Gasteiger partial charge is 0.359 e. The Kier molecular flexibility index (Phi) is 4.95. The molecule has 0 spiro atoms. The number of hydrogen-bond acceptors (Lipinski definition) is 5. The summed E-state index contributed by atoms with van der Waals surface area (Å²) < 4.78 is 10.5. The van der Waals surface area contributed by atoms with Gasteiger partial charge in [0.2, 0.25) is 0 Å². The summed E-state index contributed by atoms with van der Waals surface area (Å²) in [5.41, 5.74) is 3.81. The standard InChI is InChI=1S/C21H16ClN3O3/c1-13-2-4-14(5-3-13)18-10-17(27-24-18)12-23-21(26)19-11-20(28-25-19)15-6-8-16(22)9-7-15/h2-11H,12H2,1H3,(H,23,26). The number of carbonyl (C=O) groups excluding carboxylic acids is 1. The van der Waals surface area contributed by atoms with E-state index in [1.54, 1.807) is 36.4 Å². The maximum Gasteiger partial charge on any atom is 0.273 e. The van der Waals surface area contributed by atoms with Gasteiger partial charge in [-0.2, -0.15) is 0 Å². The first-order valence-electron chi connectivity index (χ1n) is 8.62. The van der Waals surface area contributed by atoms with Crippen molar-refractivity contribution < 1.29 is 13.8 Å². The molecule has 0 saturated carbocycles. The second-order valence-corrected chi connectivity index (χ2v) is 6.75. The molecule has 4 aromatic rings. The number of hydrogen-bond donors (Lipinski definition) is 1. The van der Waals surface area contributed by atoms with Gasteiger partial charge in [0.1, 0.15) is 5.69 Å². The zero-order valence-corrected chi connectivity index (χ0v) is 15.7. The number of aromatic nitrogens is 2. The van der Waals surface area contributed by atoms with Crippen LogP contribution in [0.4, 0.5) is 0 Å². The molecule has 0 bridgehead atoms. The fourth-order valence-corrected chi connectivity index (χ4v) is 2.77. The van der Waals surface area contributed by atoms with Crippen LogP contribution in [0.2, 0.25) is 5.02 Å². The van der Waals surface area contributed by atoms with Crippen LogP contribution < -0.4 is 5.32 Å². The molecule has 140 valence electrons. The molecule has 0 aliphatic heterocycles. The fourth-order valence-electron chi connectivity index (χ4n) is 2.65. The maximum atomic E-state index is 12.3. The van der Waals surface area contributed by atoms with Gasteiger partial charge < -0.3 is 14.4 Å². The molecule has 4 rings (SSSR count). The first-order valence-corrected chi connectivity index (χ1v) is 9.00. The minimum absolute atomic E-state index is 0.184. The lowest BCUT2D eigenvalue weighted by Gasteiger charge is -1.98. The molecule has 1 amide bonds. The highest BCUT2D eigenvalue weighted by Crippen LogP contribution is 2.23. The maximum absolute atomic E-state index is 12.3. The van der Waals surface area contributed by atoms with Gasteiger partial charge in [0.15, 0.2) is 17.2 Å². The van der Waals surface area contributed by atoms with Gasteiger partial charge in [-0.3, -0.25) is 4.79 Å². The predicted molar refractivity (Wildman–Crippen MR) is 105 cm³/mol. The molecule has 0 aliphatic carbocycles. The molecule has 7 heteroatoms. The molecular formula is C21H16ClN3O3. The van der Waals surface area contributed by atoms with Crippen LogP contribution in [0.5, 0.6) is 0 Å². The van der Waals surface area contributed by atoms with Gasteiger partial charge in [0.05, 0.1) is 6.54 Å². The number of nitrogens with zero attached hydrogens (tertiary/aromatic N) is 2. The zero-order chi connectivity index (χ0) is 19.5. The zero-order valence-electron chi connectivity index (χ0n) is 15.0. The van der Waals surface area contributed by atoms with Crippen molar-refractivity contribution in [2.24, 2.45) is 0 Å². The summed E-state index contributed by atoms with van der Waals surface area (Å²) in [4.78, 5) is 12.3. The average Bonchev–Trinajstić information content (AvgIpc) is 3.37. The Hall–Kier alpha value is -3.38. The summed E-state index contributed by atoms with van der Waals surface area (Å²) >= 11 is 5.88. The lowest BCUT2D eigenvalue weighted by molar-refractivity contribution is 0.0938. The van der Waals surface area contributed by atoms with Crippen molar-refractivity contribution in [3.8, 4) is 22.6 Å². The number of amides is 1. The van der Waals surface area contributed by atoms with Crippen LogP contribution in [0.15, 0.2) is 69.7 Å². The third kappa shape index (κ3) is 3.97. The van der Waals surface area contributed by atoms with Crippen molar-refractivity contribution in [3.05, 3.63) is 82.7 Å². The number of halogens is 1. The molecule has 0 saturated heterocycles. The van der Waals surface area contributed by atoms with Gasteiger partial charge in [-0.15, -0.1) is 0 Å². The quantitative estimate of drug-likeness (QED) is 0.522. The van der Waals surface area contributed by atoms with E-state index in [2.05, 4.69) is 15.6 Å². The van der Waals surface area contributed by atoms with E-state index in [1.165, 1.54) is 5.56 Å². The molecule has 0 unspecified atom stereocenters. The number of carbonyl (C=O) groups is 1. The summed E-state index contributed by atoms with van der Waals surface area (Å²) in [5, 5.41) is 11.2. The molecule has 2 heterocycles. The number of aryl methyl sites for hydroxylation is 1. The van der Waals surface area contributed by atoms with Crippen LogP contribution in [0, 0.1) is 6.92 Å². The van der Waals surface area contributed by atoms with E-state index in [4.69, 9.17) is 20.6 Å². The van der Waals surface area contributed by atoms with Gasteiger partial charge in [-0.25, -0.2) is 0 Å². The molecular weight excluding hydrogens is 378 g/mol. The van der Waals surface area contributed by atoms with Crippen molar-refractivity contribution >= 4 is 17.5 Å². The van der Waals surface area contributed by atoms with Gasteiger partial charge in [0.25, 0.3) is 5.91 Å². The second kappa shape index (κ2) is 7.70. The summed E-state index contributed by atoms with van der Waals surface area (Å²) in [5.74, 6) is 0.672. The first kappa shape index (κ1) is 18.0. The monoisotopic (exact) mass is 393 g/mol. The van der Waals surface area contributed by atoms with E-state index < -0.39 is 0 Å². The van der Waals surface area contributed by atoms with E-state index in [0.717, 1.165) is 16.8 Å². The lowest BCUT2D eigenvalue weighted by Crippen LogP contribution is -2.22. The lowest BCUT2D eigenvalue weighted by atomic mass is 10.1. The van der Waals surface area contributed by atoms with Crippen molar-refractivity contribution in [2.75, 3.05) is 0 Å². The molecule has 0 aliphatic rings. The average molecular weight is 394 g/mol. The summed E-state index contributed by atoms with van der Waals surface area (Å²) in [6.45, 7) is 2.22. The highest BCUT2D eigenvalue weighted by atomic mass is 35.5. The van der Waals surface area contributed by atoms with Gasteiger partial charge in [0, 0.05) is 28.3 Å². The van der Waals surface area contributed by atoms with E-state index in [-0.39, 0.29) is 18.1 Å². The van der Waals surface area contributed by atoms with Crippen molar-refractivity contribution in [3.63, 3.8) is 0 Å². The molecule has 1 N–H and O–H groups in total. The second-order valence-electron chi connectivity index (χ2n) is 6.31. The Morgan fingerprint density at radius 3 is 2.43 bits per heavy atom. The SMILES string of the molecule is Cc1ccc(-c2cc(CNC(=O)c3cc(-c4ccc(Cl)cc4)on3)on2)cc1. The topological polar surface area (TPSA) is 81.2 Å². The van der Waals surface area contributed by atoms with E-state index in [0.29, 0.717) is 16.5 Å². The summed E-state index contributed by atoms with van der Waals surface area (Å²) in [7, 11) is 0. The third-order valence-corrected chi connectivity index (χ3v) is 4.45. The Morgan fingerprint density at radius 1 is 0.964 bits per heavy atom.